The molecule has 0 saturated heterocycles. The highest BCUT2D eigenvalue weighted by molar-refractivity contribution is 9.10. The van der Waals surface area contributed by atoms with Crippen LogP contribution in [0, 0.1) is 11.8 Å². The summed E-state index contributed by atoms with van der Waals surface area (Å²) in [5.41, 5.74) is -0.568. The quantitative estimate of drug-likeness (QED) is 0.248. The maximum absolute atomic E-state index is 14.1. The lowest BCUT2D eigenvalue weighted by Crippen LogP contribution is -2.56. The first-order chi connectivity index (χ1) is 20.1. The van der Waals surface area contributed by atoms with Crippen molar-refractivity contribution in [2.45, 2.75) is 38.7 Å². The van der Waals surface area contributed by atoms with Crippen molar-refractivity contribution in [3.8, 4) is 17.2 Å². The number of anilines is 2. The monoisotopic (exact) mass is 638 g/mol. The van der Waals surface area contributed by atoms with Gasteiger partial charge in [-0.15, -0.1) is 0 Å². The van der Waals surface area contributed by atoms with E-state index in [1.165, 1.54) is 14.0 Å². The van der Waals surface area contributed by atoms with Crippen LogP contribution in [0.25, 0.3) is 0 Å². The Hall–Kier alpha value is -3.89. The Kier molecular flexibility index (Phi) is 9.90. The fraction of sp³-hybridized carbons (Fsp3) is 0.344. The Morgan fingerprint density at radius 1 is 0.905 bits per heavy atom. The molecule has 1 saturated carbocycles. The minimum Gasteiger partial charge on any atom is -0.496 e. The highest BCUT2D eigenvalue weighted by Gasteiger charge is 2.56. The van der Waals surface area contributed by atoms with Gasteiger partial charge in [0.25, 0.3) is 0 Å². The summed E-state index contributed by atoms with van der Waals surface area (Å²) in [6.45, 7) is 5.86. The molecule has 0 bridgehead atoms. The lowest BCUT2D eigenvalue weighted by Gasteiger charge is -2.44. The number of benzene rings is 3. The van der Waals surface area contributed by atoms with Gasteiger partial charge >= 0.3 is 0 Å². The third-order valence-corrected chi connectivity index (χ3v) is 7.77. The van der Waals surface area contributed by atoms with Gasteiger partial charge in [0.05, 0.1) is 43.2 Å². The van der Waals surface area contributed by atoms with E-state index in [0.29, 0.717) is 51.9 Å². The molecule has 1 aliphatic rings. The number of hydrogen-bond acceptors (Lipinski definition) is 7. The van der Waals surface area contributed by atoms with Crippen LogP contribution >= 0.6 is 15.9 Å². The van der Waals surface area contributed by atoms with Crippen molar-refractivity contribution >= 4 is 44.9 Å². The molecular weight excluding hydrogens is 604 g/mol. The Morgan fingerprint density at radius 2 is 1.45 bits per heavy atom. The first-order valence-corrected chi connectivity index (χ1v) is 14.5. The minimum atomic E-state index is -1.79. The molecule has 4 rings (SSSR count). The van der Waals surface area contributed by atoms with Gasteiger partial charge in [-0.3, -0.25) is 14.4 Å². The average Bonchev–Trinajstić information content (AvgIpc) is 2.94. The van der Waals surface area contributed by atoms with Crippen LogP contribution in [-0.2, 0) is 14.4 Å². The van der Waals surface area contributed by atoms with E-state index in [2.05, 4.69) is 26.6 Å². The fourth-order valence-electron chi connectivity index (χ4n) is 5.56. The molecule has 0 heterocycles. The smallest absolute Gasteiger partial charge is 0.235 e. The number of ether oxygens (including phenoxy) is 3. The van der Waals surface area contributed by atoms with Crippen LogP contribution in [0.15, 0.2) is 71.2 Å². The molecule has 0 radical (unpaired) electrons. The van der Waals surface area contributed by atoms with Gasteiger partial charge in [0.15, 0.2) is 0 Å². The van der Waals surface area contributed by atoms with Gasteiger partial charge < -0.3 is 30.0 Å². The van der Waals surface area contributed by atoms with Crippen molar-refractivity contribution in [1.29, 1.82) is 0 Å². The summed E-state index contributed by atoms with van der Waals surface area (Å²) in [7, 11) is 1.47. The molecule has 3 aromatic rings. The maximum atomic E-state index is 14.1. The van der Waals surface area contributed by atoms with Crippen LogP contribution in [0.3, 0.4) is 0 Å². The van der Waals surface area contributed by atoms with E-state index in [4.69, 9.17) is 14.2 Å². The van der Waals surface area contributed by atoms with E-state index in [1.54, 1.807) is 66.7 Å². The summed E-state index contributed by atoms with van der Waals surface area (Å²) in [6, 6.07) is 19.0. The normalized spacial score (nSPS) is 21.8. The lowest BCUT2D eigenvalue weighted by molar-refractivity contribution is -0.150. The van der Waals surface area contributed by atoms with Crippen molar-refractivity contribution in [2.75, 3.05) is 31.0 Å². The minimum absolute atomic E-state index is 0.369. The molecule has 0 aliphatic heterocycles. The van der Waals surface area contributed by atoms with Gasteiger partial charge in [-0.2, -0.15) is 0 Å². The molecule has 3 N–H and O–H groups in total. The Labute approximate surface area is 253 Å². The summed E-state index contributed by atoms with van der Waals surface area (Å²) >= 11 is 3.47. The molecule has 222 valence electrons. The molecule has 9 nitrogen and oxygen atoms in total. The maximum Gasteiger partial charge on any atom is 0.235 e. The van der Waals surface area contributed by atoms with Crippen LogP contribution in [0.5, 0.6) is 17.2 Å². The summed E-state index contributed by atoms with van der Waals surface area (Å²) in [5.74, 6) is -4.08. The molecule has 1 fully saturated rings. The molecule has 3 aromatic carbocycles. The summed E-state index contributed by atoms with van der Waals surface area (Å²) in [5, 5.41) is 17.4. The first-order valence-electron chi connectivity index (χ1n) is 13.7. The highest BCUT2D eigenvalue weighted by atomic mass is 79.9. The van der Waals surface area contributed by atoms with Crippen LogP contribution in [0.4, 0.5) is 11.4 Å². The second-order valence-corrected chi connectivity index (χ2v) is 11.1. The number of Topliss-reactive ketones (excluding diaryl/α,β-unsaturated/α-hetero) is 1. The van der Waals surface area contributed by atoms with E-state index in [-0.39, 0.29) is 0 Å². The van der Waals surface area contributed by atoms with Crippen LogP contribution in [-0.4, -0.2) is 48.6 Å². The average molecular weight is 640 g/mol. The molecule has 2 amide bonds. The van der Waals surface area contributed by atoms with Gasteiger partial charge in [0.1, 0.15) is 28.9 Å². The van der Waals surface area contributed by atoms with E-state index >= 15 is 0 Å². The Balaban J connectivity index is 1.83. The number of aliphatic hydroxyl groups is 1. The zero-order chi connectivity index (χ0) is 30.4. The van der Waals surface area contributed by atoms with Gasteiger partial charge in [-0.25, -0.2) is 0 Å². The summed E-state index contributed by atoms with van der Waals surface area (Å²) in [6.07, 6.45) is -0.407. The van der Waals surface area contributed by atoms with E-state index in [0.717, 1.165) is 0 Å². The Morgan fingerprint density at radius 3 is 2.00 bits per heavy atom. The molecule has 0 aromatic heterocycles. The van der Waals surface area contributed by atoms with Crippen molar-refractivity contribution in [1.82, 2.24) is 0 Å². The standard InChI is InChI=1S/C32H35BrN2O7/c1-5-41-25-13-9-7-11-21(25)34-30(37)28-23(36)18-32(3,39)29(27(28)20-17-19(33)15-16-24(20)40-4)31(38)35-22-12-8-10-14-26(22)42-6-2/h7-17,27-29,39H,5-6,18H2,1-4H3,(H,34,37)(H,35,38). The van der Waals surface area contributed by atoms with Crippen molar-refractivity contribution in [3.05, 3.63) is 76.8 Å². The number of amides is 2. The second kappa shape index (κ2) is 13.4. The number of carbonyl (C=O) groups is 3. The molecule has 4 unspecified atom stereocenters. The van der Waals surface area contributed by atoms with E-state index in [1.807, 2.05) is 13.8 Å². The third-order valence-electron chi connectivity index (χ3n) is 7.27. The predicted octanol–water partition coefficient (Wildman–Crippen LogP) is 5.57. The lowest BCUT2D eigenvalue weighted by atomic mass is 9.61. The molecular formula is C32H35BrN2O7. The van der Waals surface area contributed by atoms with Crippen LogP contribution < -0.4 is 24.8 Å². The molecule has 10 heteroatoms. The fourth-order valence-corrected chi connectivity index (χ4v) is 5.93. The number of ketones is 1. The van der Waals surface area contributed by atoms with Gasteiger partial charge in [-0.05, 0) is 63.2 Å². The number of para-hydroxylation sites is 4. The highest BCUT2D eigenvalue weighted by Crippen LogP contribution is 2.49. The molecule has 1 aliphatic carbocycles. The van der Waals surface area contributed by atoms with Gasteiger partial charge in [0, 0.05) is 22.4 Å². The predicted molar refractivity (Wildman–Crippen MR) is 163 cm³/mol. The SMILES string of the molecule is CCOc1ccccc1NC(=O)C1C(=O)CC(C)(O)C(C(=O)Nc2ccccc2OCC)C1c1cc(Br)ccc1OC. The molecule has 4 atom stereocenters. The number of rotatable bonds is 10. The number of carbonyl (C=O) groups excluding carboxylic acids is 3. The number of hydrogen-bond donors (Lipinski definition) is 3. The largest absolute Gasteiger partial charge is 0.496 e. The number of methoxy groups -OCH3 is 1. The summed E-state index contributed by atoms with van der Waals surface area (Å²) < 4.78 is 17.6. The van der Waals surface area contributed by atoms with Gasteiger partial charge in [0.2, 0.25) is 11.8 Å². The molecule has 0 spiro atoms. The number of nitrogens with one attached hydrogen (secondary N) is 2. The van der Waals surface area contributed by atoms with Crippen molar-refractivity contribution < 1.29 is 33.7 Å². The zero-order valence-electron chi connectivity index (χ0n) is 24.0. The van der Waals surface area contributed by atoms with Crippen molar-refractivity contribution in [3.63, 3.8) is 0 Å². The Bertz CT molecular complexity index is 1460. The van der Waals surface area contributed by atoms with E-state index < -0.39 is 47.4 Å². The van der Waals surface area contributed by atoms with Crippen molar-refractivity contribution in [2.24, 2.45) is 11.8 Å². The summed E-state index contributed by atoms with van der Waals surface area (Å²) in [4.78, 5) is 41.9. The van der Waals surface area contributed by atoms with Gasteiger partial charge in [-0.1, -0.05) is 40.2 Å². The number of halogens is 1. The van der Waals surface area contributed by atoms with Crippen LogP contribution in [0.1, 0.15) is 38.7 Å². The molecule has 42 heavy (non-hydrogen) atoms. The van der Waals surface area contributed by atoms with Crippen LogP contribution in [0.2, 0.25) is 0 Å². The van der Waals surface area contributed by atoms with E-state index in [9.17, 15) is 19.5 Å². The third kappa shape index (κ3) is 6.60. The topological polar surface area (TPSA) is 123 Å². The zero-order valence-corrected chi connectivity index (χ0v) is 25.6. The first kappa shape index (κ1) is 31.1. The second-order valence-electron chi connectivity index (χ2n) is 10.2.